The Morgan fingerprint density at radius 1 is 1.18 bits per heavy atom. The van der Waals surface area contributed by atoms with Gasteiger partial charge in [0.05, 0.1) is 16.8 Å². The van der Waals surface area contributed by atoms with Gasteiger partial charge in [0.1, 0.15) is 6.07 Å². The molecule has 0 aromatic heterocycles. The second kappa shape index (κ2) is 8.86. The van der Waals surface area contributed by atoms with Crippen LogP contribution in [0.5, 0.6) is 0 Å². The summed E-state index contributed by atoms with van der Waals surface area (Å²) >= 11 is 0. The van der Waals surface area contributed by atoms with Crippen molar-refractivity contribution in [1.29, 1.82) is 5.26 Å². The van der Waals surface area contributed by atoms with Gasteiger partial charge < -0.3 is 10.1 Å². The molecule has 0 saturated carbocycles. The van der Waals surface area contributed by atoms with Crippen LogP contribution in [-0.2, 0) is 20.5 Å². The number of alkyl halides is 3. The highest BCUT2D eigenvalue weighted by Crippen LogP contribution is 2.29. The minimum atomic E-state index is -4.49. The van der Waals surface area contributed by atoms with E-state index in [4.69, 9.17) is 10.00 Å². The molecule has 5 nitrogen and oxygen atoms in total. The van der Waals surface area contributed by atoms with Gasteiger partial charge >= 0.3 is 12.1 Å². The lowest BCUT2D eigenvalue weighted by atomic mass is 10.1. The van der Waals surface area contributed by atoms with Crippen LogP contribution < -0.4 is 5.32 Å². The highest BCUT2D eigenvalue weighted by molar-refractivity contribution is 5.97. The molecule has 0 aliphatic carbocycles. The molecule has 0 heterocycles. The number of halogens is 3. The fraction of sp³-hybridized carbons (Fsp3) is 0.150. The van der Waals surface area contributed by atoms with Gasteiger partial charge in [-0.25, -0.2) is 4.79 Å². The average molecular weight is 388 g/mol. The molecule has 2 aromatic carbocycles. The van der Waals surface area contributed by atoms with Gasteiger partial charge in [-0.1, -0.05) is 24.3 Å². The molecule has 2 aromatic rings. The Hall–Kier alpha value is -3.60. The standard InChI is InChI=1S/C20H15F3N2O3/c1-13(19(27)25-17-8-3-2-6-15(17)12-24)28-18(26)10-9-14-5-4-7-16(11-14)20(21,22)23/h2-11,13H,1H3,(H,25,27)/b10-9+/t13-/m1/s1. The third kappa shape index (κ3) is 5.71. The number of nitriles is 1. The van der Waals surface area contributed by atoms with E-state index in [1.807, 2.05) is 6.07 Å². The number of nitrogens with zero attached hydrogens (tertiary/aromatic N) is 1. The Bertz CT molecular complexity index is 946. The normalized spacial score (nSPS) is 12.2. The highest BCUT2D eigenvalue weighted by atomic mass is 19.4. The van der Waals surface area contributed by atoms with E-state index in [0.717, 1.165) is 24.3 Å². The number of hydrogen-bond donors (Lipinski definition) is 1. The van der Waals surface area contributed by atoms with Crippen molar-refractivity contribution in [2.24, 2.45) is 0 Å². The molecule has 8 heteroatoms. The number of hydrogen-bond acceptors (Lipinski definition) is 4. The highest BCUT2D eigenvalue weighted by Gasteiger charge is 2.30. The maximum absolute atomic E-state index is 12.7. The summed E-state index contributed by atoms with van der Waals surface area (Å²) in [5, 5.41) is 11.5. The first-order valence-electron chi connectivity index (χ1n) is 8.06. The molecular weight excluding hydrogens is 373 g/mol. The average Bonchev–Trinajstić information content (AvgIpc) is 2.66. The van der Waals surface area contributed by atoms with Crippen LogP contribution in [0.3, 0.4) is 0 Å². The second-order valence-corrected chi connectivity index (χ2v) is 5.68. The minimum Gasteiger partial charge on any atom is -0.449 e. The molecule has 0 saturated heterocycles. The van der Waals surface area contributed by atoms with Crippen LogP contribution in [0.1, 0.15) is 23.6 Å². The zero-order chi connectivity index (χ0) is 20.7. The van der Waals surface area contributed by atoms with Gasteiger partial charge in [0.15, 0.2) is 6.10 Å². The predicted octanol–water partition coefficient (Wildman–Crippen LogP) is 4.16. The molecule has 0 spiro atoms. The van der Waals surface area contributed by atoms with Crippen molar-refractivity contribution in [2.75, 3.05) is 5.32 Å². The molecule has 144 valence electrons. The molecule has 1 amide bonds. The summed E-state index contributed by atoms with van der Waals surface area (Å²) in [5.41, 5.74) is -0.157. The van der Waals surface area contributed by atoms with Gasteiger partial charge in [0, 0.05) is 6.08 Å². The minimum absolute atomic E-state index is 0.159. The lowest BCUT2D eigenvalue weighted by Crippen LogP contribution is -2.29. The van der Waals surface area contributed by atoms with Crippen LogP contribution in [0, 0.1) is 11.3 Å². The Kier molecular flexibility index (Phi) is 6.55. The number of carbonyl (C=O) groups is 2. The summed E-state index contributed by atoms with van der Waals surface area (Å²) in [6.45, 7) is 1.33. The van der Waals surface area contributed by atoms with E-state index in [0.29, 0.717) is 0 Å². The van der Waals surface area contributed by atoms with E-state index in [-0.39, 0.29) is 16.8 Å². The van der Waals surface area contributed by atoms with Crippen molar-refractivity contribution in [1.82, 2.24) is 0 Å². The van der Waals surface area contributed by atoms with Gasteiger partial charge in [-0.15, -0.1) is 0 Å². The second-order valence-electron chi connectivity index (χ2n) is 5.68. The van der Waals surface area contributed by atoms with Crippen molar-refractivity contribution in [3.05, 3.63) is 71.3 Å². The number of anilines is 1. The first kappa shape index (κ1) is 20.7. The number of ether oxygens (including phenoxy) is 1. The zero-order valence-corrected chi connectivity index (χ0v) is 14.7. The molecule has 1 atom stereocenters. The number of carbonyl (C=O) groups excluding carboxylic acids is 2. The Morgan fingerprint density at radius 2 is 1.89 bits per heavy atom. The topological polar surface area (TPSA) is 79.2 Å². The maximum Gasteiger partial charge on any atom is 0.416 e. The molecule has 2 rings (SSSR count). The molecule has 0 aliphatic heterocycles. The van der Waals surface area contributed by atoms with Crippen molar-refractivity contribution >= 4 is 23.6 Å². The van der Waals surface area contributed by atoms with Crippen molar-refractivity contribution in [3.63, 3.8) is 0 Å². The summed E-state index contributed by atoms with van der Waals surface area (Å²) in [4.78, 5) is 23.9. The van der Waals surface area contributed by atoms with Crippen LogP contribution in [-0.4, -0.2) is 18.0 Å². The molecule has 0 bridgehead atoms. The van der Waals surface area contributed by atoms with Gasteiger partial charge in [-0.05, 0) is 42.8 Å². The van der Waals surface area contributed by atoms with Crippen LogP contribution in [0.15, 0.2) is 54.6 Å². The fourth-order valence-corrected chi connectivity index (χ4v) is 2.17. The van der Waals surface area contributed by atoms with Crippen molar-refractivity contribution < 1.29 is 27.5 Å². The first-order valence-corrected chi connectivity index (χ1v) is 8.06. The Balaban J connectivity index is 1.98. The number of amides is 1. The maximum atomic E-state index is 12.7. The Labute approximate surface area is 159 Å². The summed E-state index contributed by atoms with van der Waals surface area (Å²) in [5.74, 6) is -1.54. The van der Waals surface area contributed by atoms with Crippen LogP contribution >= 0.6 is 0 Å². The van der Waals surface area contributed by atoms with E-state index in [1.54, 1.807) is 12.1 Å². The molecule has 0 unspecified atom stereocenters. The summed E-state index contributed by atoms with van der Waals surface area (Å²) in [7, 11) is 0. The van der Waals surface area contributed by atoms with Crippen molar-refractivity contribution in [3.8, 4) is 6.07 Å². The third-order valence-corrected chi connectivity index (χ3v) is 3.59. The summed E-state index contributed by atoms with van der Waals surface area (Å²) in [6, 6.07) is 12.7. The number of nitrogens with one attached hydrogen (secondary N) is 1. The van der Waals surface area contributed by atoms with E-state index >= 15 is 0 Å². The van der Waals surface area contributed by atoms with Crippen LogP contribution in [0.25, 0.3) is 6.08 Å². The Morgan fingerprint density at radius 3 is 2.57 bits per heavy atom. The van der Waals surface area contributed by atoms with E-state index < -0.39 is 29.7 Å². The van der Waals surface area contributed by atoms with E-state index in [9.17, 15) is 22.8 Å². The lowest BCUT2D eigenvalue weighted by molar-refractivity contribution is -0.148. The number of esters is 1. The van der Waals surface area contributed by atoms with Gasteiger partial charge in [-0.2, -0.15) is 18.4 Å². The molecular formula is C20H15F3N2O3. The van der Waals surface area contributed by atoms with Crippen molar-refractivity contribution in [2.45, 2.75) is 19.2 Å². The SMILES string of the molecule is C[C@@H](OC(=O)/C=C/c1cccc(C(F)(F)F)c1)C(=O)Nc1ccccc1C#N. The first-order chi connectivity index (χ1) is 13.2. The third-order valence-electron chi connectivity index (χ3n) is 3.59. The molecule has 0 aliphatic rings. The quantitative estimate of drug-likeness (QED) is 0.616. The summed E-state index contributed by atoms with van der Waals surface area (Å²) < 4.78 is 43.0. The lowest BCUT2D eigenvalue weighted by Gasteiger charge is -2.13. The number of benzene rings is 2. The largest absolute Gasteiger partial charge is 0.449 e. The summed E-state index contributed by atoms with van der Waals surface area (Å²) in [6.07, 6.45) is -3.57. The smallest absolute Gasteiger partial charge is 0.416 e. The predicted molar refractivity (Wildman–Crippen MR) is 95.8 cm³/mol. The monoisotopic (exact) mass is 388 g/mol. The zero-order valence-electron chi connectivity index (χ0n) is 14.7. The van der Waals surface area contributed by atoms with Crippen LogP contribution in [0.2, 0.25) is 0 Å². The molecule has 1 N–H and O–H groups in total. The molecule has 0 radical (unpaired) electrons. The van der Waals surface area contributed by atoms with Crippen LogP contribution in [0.4, 0.5) is 18.9 Å². The molecule has 28 heavy (non-hydrogen) atoms. The van der Waals surface area contributed by atoms with Gasteiger partial charge in [0.2, 0.25) is 0 Å². The van der Waals surface area contributed by atoms with E-state index in [2.05, 4.69) is 5.32 Å². The van der Waals surface area contributed by atoms with Gasteiger partial charge in [-0.3, -0.25) is 4.79 Å². The van der Waals surface area contributed by atoms with Gasteiger partial charge in [0.25, 0.3) is 5.91 Å². The molecule has 0 fully saturated rings. The van der Waals surface area contributed by atoms with E-state index in [1.165, 1.54) is 31.2 Å². The number of para-hydroxylation sites is 1. The number of rotatable bonds is 5. The fourth-order valence-electron chi connectivity index (χ4n) is 2.17.